The normalized spacial score (nSPS) is 12.6. The Kier molecular flexibility index (Phi) is 3.54. The van der Waals surface area contributed by atoms with Gasteiger partial charge in [-0.3, -0.25) is 0 Å². The lowest BCUT2D eigenvalue weighted by Crippen LogP contribution is -2.19. The molecule has 8 heteroatoms. The minimum absolute atomic E-state index is 0.0492. The van der Waals surface area contributed by atoms with Crippen LogP contribution in [0.2, 0.25) is 0 Å². The molecule has 0 saturated carbocycles. The SMILES string of the molecule is NC(=NO)c1ccc(OCC(F)(F)F)cn1. The summed E-state index contributed by atoms with van der Waals surface area (Å²) in [6, 6.07) is 2.52. The highest BCUT2D eigenvalue weighted by Gasteiger charge is 2.28. The van der Waals surface area contributed by atoms with Gasteiger partial charge in [-0.2, -0.15) is 13.2 Å². The highest BCUT2D eigenvalue weighted by Crippen LogP contribution is 2.17. The van der Waals surface area contributed by atoms with Crippen LogP contribution in [0, 0.1) is 0 Å². The molecule has 0 aromatic carbocycles. The van der Waals surface area contributed by atoms with Crippen molar-refractivity contribution in [3.05, 3.63) is 24.0 Å². The summed E-state index contributed by atoms with van der Waals surface area (Å²) in [5.41, 5.74) is 5.34. The Morgan fingerprint density at radius 3 is 2.62 bits per heavy atom. The predicted molar refractivity (Wildman–Crippen MR) is 48.3 cm³/mol. The molecule has 0 aliphatic rings. The van der Waals surface area contributed by atoms with Gasteiger partial charge in [-0.25, -0.2) is 4.98 Å². The molecule has 0 radical (unpaired) electrons. The van der Waals surface area contributed by atoms with Crippen LogP contribution in [0.1, 0.15) is 5.69 Å². The van der Waals surface area contributed by atoms with Crippen molar-refractivity contribution in [1.82, 2.24) is 4.98 Å². The third kappa shape index (κ3) is 3.64. The lowest BCUT2D eigenvalue weighted by atomic mass is 10.3. The molecule has 5 nitrogen and oxygen atoms in total. The van der Waals surface area contributed by atoms with Crippen LogP contribution < -0.4 is 10.5 Å². The number of ether oxygens (including phenoxy) is 1. The summed E-state index contributed by atoms with van der Waals surface area (Å²) in [5, 5.41) is 11.0. The first-order chi connectivity index (χ1) is 7.42. The molecule has 16 heavy (non-hydrogen) atoms. The van der Waals surface area contributed by atoms with Gasteiger partial charge in [-0.15, -0.1) is 0 Å². The number of halogens is 3. The first-order valence-electron chi connectivity index (χ1n) is 4.06. The second-order valence-electron chi connectivity index (χ2n) is 2.77. The van der Waals surface area contributed by atoms with Crippen LogP contribution in [0.4, 0.5) is 13.2 Å². The van der Waals surface area contributed by atoms with E-state index in [1.165, 1.54) is 12.1 Å². The van der Waals surface area contributed by atoms with Gasteiger partial charge in [-0.1, -0.05) is 5.16 Å². The molecular formula is C8H8F3N3O2. The van der Waals surface area contributed by atoms with Gasteiger partial charge >= 0.3 is 6.18 Å². The topological polar surface area (TPSA) is 80.7 Å². The minimum atomic E-state index is -4.40. The Morgan fingerprint density at radius 2 is 2.19 bits per heavy atom. The zero-order valence-electron chi connectivity index (χ0n) is 7.90. The molecule has 0 saturated heterocycles. The number of rotatable bonds is 3. The molecule has 88 valence electrons. The monoisotopic (exact) mass is 235 g/mol. The molecule has 0 aliphatic heterocycles. The van der Waals surface area contributed by atoms with Crippen molar-refractivity contribution < 1.29 is 23.1 Å². The largest absolute Gasteiger partial charge is 0.483 e. The van der Waals surface area contributed by atoms with Crippen molar-refractivity contribution in [3.8, 4) is 5.75 Å². The summed E-state index contributed by atoms with van der Waals surface area (Å²) in [7, 11) is 0. The van der Waals surface area contributed by atoms with Gasteiger partial charge in [0, 0.05) is 0 Å². The average Bonchev–Trinajstić information content (AvgIpc) is 2.25. The molecule has 0 unspecified atom stereocenters. The molecule has 1 aromatic rings. The number of nitrogens with zero attached hydrogens (tertiary/aromatic N) is 2. The van der Waals surface area contributed by atoms with E-state index in [2.05, 4.69) is 14.9 Å². The maximum Gasteiger partial charge on any atom is 0.422 e. The average molecular weight is 235 g/mol. The number of hydrogen-bond acceptors (Lipinski definition) is 4. The van der Waals surface area contributed by atoms with Gasteiger partial charge in [0.25, 0.3) is 0 Å². The molecule has 1 heterocycles. The molecule has 0 spiro atoms. The lowest BCUT2D eigenvalue weighted by Gasteiger charge is -2.08. The fourth-order valence-corrected chi connectivity index (χ4v) is 0.834. The van der Waals surface area contributed by atoms with Gasteiger partial charge in [0.1, 0.15) is 11.4 Å². The first kappa shape index (κ1) is 12.1. The Hall–Kier alpha value is -1.99. The molecule has 0 bridgehead atoms. The van der Waals surface area contributed by atoms with Crippen molar-refractivity contribution in [1.29, 1.82) is 0 Å². The van der Waals surface area contributed by atoms with Crippen molar-refractivity contribution in [3.63, 3.8) is 0 Å². The highest BCUT2D eigenvalue weighted by atomic mass is 19.4. The molecular weight excluding hydrogens is 227 g/mol. The molecule has 0 fully saturated rings. The molecule has 0 amide bonds. The summed E-state index contributed by atoms with van der Waals surface area (Å²) >= 11 is 0. The number of pyridine rings is 1. The van der Waals surface area contributed by atoms with E-state index < -0.39 is 12.8 Å². The zero-order chi connectivity index (χ0) is 12.2. The minimum Gasteiger partial charge on any atom is -0.483 e. The van der Waals surface area contributed by atoms with E-state index in [1.54, 1.807) is 0 Å². The summed E-state index contributed by atoms with van der Waals surface area (Å²) in [6.07, 6.45) is -3.34. The van der Waals surface area contributed by atoms with Crippen molar-refractivity contribution >= 4 is 5.84 Å². The zero-order valence-corrected chi connectivity index (χ0v) is 7.90. The summed E-state index contributed by atoms with van der Waals surface area (Å²) in [5.74, 6) is -0.283. The van der Waals surface area contributed by atoms with E-state index in [4.69, 9.17) is 10.9 Å². The molecule has 1 rings (SSSR count). The van der Waals surface area contributed by atoms with Gasteiger partial charge < -0.3 is 15.7 Å². The Balaban J connectivity index is 2.65. The van der Waals surface area contributed by atoms with Crippen LogP contribution in [-0.4, -0.2) is 28.8 Å². The van der Waals surface area contributed by atoms with E-state index in [-0.39, 0.29) is 17.3 Å². The number of amidine groups is 1. The van der Waals surface area contributed by atoms with Crippen LogP contribution >= 0.6 is 0 Å². The summed E-state index contributed by atoms with van der Waals surface area (Å²) in [6.45, 7) is -1.39. The predicted octanol–water partition coefficient (Wildman–Crippen LogP) is 1.12. The first-order valence-corrected chi connectivity index (χ1v) is 4.06. The van der Waals surface area contributed by atoms with E-state index in [0.717, 1.165) is 6.20 Å². The van der Waals surface area contributed by atoms with Gasteiger partial charge in [0.15, 0.2) is 12.4 Å². The Morgan fingerprint density at radius 1 is 1.50 bits per heavy atom. The second-order valence-corrected chi connectivity index (χ2v) is 2.77. The lowest BCUT2D eigenvalue weighted by molar-refractivity contribution is -0.153. The third-order valence-electron chi connectivity index (χ3n) is 1.51. The van der Waals surface area contributed by atoms with E-state index in [9.17, 15) is 13.2 Å². The molecule has 3 N–H and O–H groups in total. The van der Waals surface area contributed by atoms with Crippen molar-refractivity contribution in [2.45, 2.75) is 6.18 Å². The van der Waals surface area contributed by atoms with Gasteiger partial charge in [0.2, 0.25) is 0 Å². The van der Waals surface area contributed by atoms with E-state index >= 15 is 0 Å². The quantitative estimate of drug-likeness (QED) is 0.356. The fraction of sp³-hybridized carbons (Fsp3) is 0.250. The third-order valence-corrected chi connectivity index (χ3v) is 1.51. The van der Waals surface area contributed by atoms with Gasteiger partial charge in [0.05, 0.1) is 6.20 Å². The Labute approximate surface area is 88.3 Å². The van der Waals surface area contributed by atoms with Crippen molar-refractivity contribution in [2.75, 3.05) is 6.61 Å². The number of hydrogen-bond donors (Lipinski definition) is 2. The van der Waals surface area contributed by atoms with Crippen LogP contribution in [-0.2, 0) is 0 Å². The standard InChI is InChI=1S/C8H8F3N3O2/c9-8(10,11)4-16-5-1-2-6(13-3-5)7(12)14-15/h1-3,15H,4H2,(H2,12,14). The van der Waals surface area contributed by atoms with Gasteiger partial charge in [-0.05, 0) is 12.1 Å². The molecule has 1 aromatic heterocycles. The van der Waals surface area contributed by atoms with Crippen LogP contribution in [0.5, 0.6) is 5.75 Å². The summed E-state index contributed by atoms with van der Waals surface area (Å²) < 4.78 is 39.8. The number of oxime groups is 1. The molecule has 0 atom stereocenters. The van der Waals surface area contributed by atoms with E-state index in [1.807, 2.05) is 0 Å². The van der Waals surface area contributed by atoms with E-state index in [0.29, 0.717) is 0 Å². The van der Waals surface area contributed by atoms with Crippen LogP contribution in [0.25, 0.3) is 0 Å². The highest BCUT2D eigenvalue weighted by molar-refractivity contribution is 5.95. The molecule has 0 aliphatic carbocycles. The smallest absolute Gasteiger partial charge is 0.422 e. The fourth-order valence-electron chi connectivity index (χ4n) is 0.834. The maximum atomic E-state index is 11.8. The summed E-state index contributed by atoms with van der Waals surface area (Å²) in [4.78, 5) is 3.64. The number of alkyl halides is 3. The second kappa shape index (κ2) is 4.69. The van der Waals surface area contributed by atoms with Crippen LogP contribution in [0.3, 0.4) is 0 Å². The maximum absolute atomic E-state index is 11.8. The van der Waals surface area contributed by atoms with Crippen LogP contribution in [0.15, 0.2) is 23.5 Å². The number of aromatic nitrogens is 1. The van der Waals surface area contributed by atoms with Crippen molar-refractivity contribution in [2.24, 2.45) is 10.9 Å². The Bertz CT molecular complexity index is 375. The number of nitrogens with two attached hydrogens (primary N) is 1.